The van der Waals surface area contributed by atoms with Crippen molar-refractivity contribution in [1.82, 2.24) is 4.31 Å². The van der Waals surface area contributed by atoms with E-state index in [1.807, 2.05) is 0 Å². The molecule has 2 aromatic carbocycles. The van der Waals surface area contributed by atoms with Crippen LogP contribution < -0.4 is 5.32 Å². The largest absolute Gasteiger partial charge is 0.416 e. The topological polar surface area (TPSA) is 66.5 Å². The highest BCUT2D eigenvalue weighted by molar-refractivity contribution is 7.89. The van der Waals surface area contributed by atoms with Crippen LogP contribution in [0.2, 0.25) is 5.02 Å². The number of amides is 1. The van der Waals surface area contributed by atoms with Gasteiger partial charge in [-0.15, -0.1) is 0 Å². The number of hydrogen-bond acceptors (Lipinski definition) is 3. The number of sulfonamides is 1. The standard InChI is InChI=1S/C19H17ClF4N2O3S/c20-15-5-2-6-16(17(15)21)25-18(27)12-7-9-26(10-8-12)30(28,29)14-4-1-3-13(11-14)19(22,23)24/h1-6,11-12H,7-10H2,(H,25,27). The van der Waals surface area contributed by atoms with Crippen LogP contribution in [0.5, 0.6) is 0 Å². The molecule has 3 rings (SSSR count). The summed E-state index contributed by atoms with van der Waals surface area (Å²) in [6.07, 6.45) is -4.37. The first-order chi connectivity index (χ1) is 14.0. The van der Waals surface area contributed by atoms with Crippen molar-refractivity contribution < 1.29 is 30.8 Å². The fraction of sp³-hybridized carbons (Fsp3) is 0.316. The molecule has 0 bridgehead atoms. The van der Waals surface area contributed by atoms with E-state index in [1.54, 1.807) is 0 Å². The first-order valence-corrected chi connectivity index (χ1v) is 10.7. The van der Waals surface area contributed by atoms with Gasteiger partial charge in [-0.1, -0.05) is 23.7 Å². The van der Waals surface area contributed by atoms with Gasteiger partial charge in [0.25, 0.3) is 0 Å². The lowest BCUT2D eigenvalue weighted by Crippen LogP contribution is -2.41. The predicted molar refractivity (Wildman–Crippen MR) is 103 cm³/mol. The molecule has 30 heavy (non-hydrogen) atoms. The summed E-state index contributed by atoms with van der Waals surface area (Å²) in [5, 5.41) is 2.30. The Labute approximate surface area is 175 Å². The van der Waals surface area contributed by atoms with Crippen molar-refractivity contribution in [2.75, 3.05) is 18.4 Å². The second-order valence-electron chi connectivity index (χ2n) is 6.79. The average Bonchev–Trinajstić information content (AvgIpc) is 2.71. The van der Waals surface area contributed by atoms with E-state index in [4.69, 9.17) is 11.6 Å². The summed E-state index contributed by atoms with van der Waals surface area (Å²) in [7, 11) is -4.14. The van der Waals surface area contributed by atoms with Gasteiger partial charge in [-0.3, -0.25) is 4.79 Å². The molecule has 2 aromatic rings. The van der Waals surface area contributed by atoms with Gasteiger partial charge in [0.05, 0.1) is 21.2 Å². The van der Waals surface area contributed by atoms with E-state index < -0.39 is 44.3 Å². The van der Waals surface area contributed by atoms with Crippen molar-refractivity contribution in [2.24, 2.45) is 5.92 Å². The summed E-state index contributed by atoms with van der Waals surface area (Å²) in [5.41, 5.74) is -1.13. The van der Waals surface area contributed by atoms with E-state index in [2.05, 4.69) is 5.32 Å². The Balaban J connectivity index is 1.67. The second-order valence-corrected chi connectivity index (χ2v) is 9.14. The van der Waals surface area contributed by atoms with E-state index >= 15 is 0 Å². The molecule has 1 heterocycles. The Morgan fingerprint density at radius 3 is 2.37 bits per heavy atom. The lowest BCUT2D eigenvalue weighted by molar-refractivity contribution is -0.137. The highest BCUT2D eigenvalue weighted by Gasteiger charge is 2.35. The number of carbonyl (C=O) groups is 1. The Morgan fingerprint density at radius 2 is 1.73 bits per heavy atom. The molecule has 1 N–H and O–H groups in total. The molecule has 0 atom stereocenters. The van der Waals surface area contributed by atoms with Crippen LogP contribution in [0.25, 0.3) is 0 Å². The molecule has 162 valence electrons. The summed E-state index contributed by atoms with van der Waals surface area (Å²) in [5.74, 6) is -1.82. The maximum atomic E-state index is 13.9. The lowest BCUT2D eigenvalue weighted by Gasteiger charge is -2.30. The number of piperidine rings is 1. The van der Waals surface area contributed by atoms with Crippen molar-refractivity contribution in [2.45, 2.75) is 23.9 Å². The molecule has 5 nitrogen and oxygen atoms in total. The molecule has 1 fully saturated rings. The molecule has 1 amide bonds. The number of rotatable bonds is 4. The zero-order chi connectivity index (χ0) is 22.1. The van der Waals surface area contributed by atoms with Crippen molar-refractivity contribution >= 4 is 33.2 Å². The van der Waals surface area contributed by atoms with Gasteiger partial charge in [0.2, 0.25) is 15.9 Å². The number of halogens is 5. The quantitative estimate of drug-likeness (QED) is 0.676. The van der Waals surface area contributed by atoms with E-state index in [0.29, 0.717) is 6.07 Å². The third-order valence-electron chi connectivity index (χ3n) is 4.83. The molecule has 0 spiro atoms. The lowest BCUT2D eigenvalue weighted by atomic mass is 9.97. The Kier molecular flexibility index (Phi) is 6.40. The molecule has 1 aliphatic heterocycles. The van der Waals surface area contributed by atoms with E-state index in [9.17, 15) is 30.8 Å². The van der Waals surface area contributed by atoms with Crippen LogP contribution in [0.3, 0.4) is 0 Å². The van der Waals surface area contributed by atoms with Crippen molar-refractivity contribution in [3.05, 3.63) is 58.9 Å². The minimum atomic E-state index is -4.66. The molecular weight excluding hydrogens is 448 g/mol. The summed E-state index contributed by atoms with van der Waals surface area (Å²) >= 11 is 5.68. The number of carbonyl (C=O) groups excluding carboxylic acids is 1. The van der Waals surface area contributed by atoms with Gasteiger partial charge in [-0.2, -0.15) is 17.5 Å². The molecule has 0 aromatic heterocycles. The Hall–Kier alpha value is -2.17. The van der Waals surface area contributed by atoms with Crippen LogP contribution in [0, 0.1) is 11.7 Å². The van der Waals surface area contributed by atoms with Gasteiger partial charge in [-0.25, -0.2) is 12.8 Å². The minimum absolute atomic E-state index is 0.0469. The number of benzene rings is 2. The second kappa shape index (κ2) is 8.52. The molecule has 0 aliphatic carbocycles. The number of nitrogens with zero attached hydrogens (tertiary/aromatic N) is 1. The number of alkyl halides is 3. The third kappa shape index (κ3) is 4.76. The molecule has 0 saturated carbocycles. The van der Waals surface area contributed by atoms with Gasteiger partial charge in [0, 0.05) is 19.0 Å². The van der Waals surface area contributed by atoms with Crippen molar-refractivity contribution in [1.29, 1.82) is 0 Å². The smallest absolute Gasteiger partial charge is 0.323 e. The van der Waals surface area contributed by atoms with Crippen molar-refractivity contribution in [3.63, 3.8) is 0 Å². The SMILES string of the molecule is O=C(Nc1cccc(Cl)c1F)C1CCN(S(=O)(=O)c2cccc(C(F)(F)F)c2)CC1. The van der Waals surface area contributed by atoms with Crippen molar-refractivity contribution in [3.8, 4) is 0 Å². The zero-order valence-electron chi connectivity index (χ0n) is 15.4. The minimum Gasteiger partial charge on any atom is -0.323 e. The van der Waals surface area contributed by atoms with Crippen LogP contribution in [0.1, 0.15) is 18.4 Å². The third-order valence-corrected chi connectivity index (χ3v) is 7.02. The van der Waals surface area contributed by atoms with Gasteiger partial charge in [0.1, 0.15) is 0 Å². The van der Waals surface area contributed by atoms with Crippen LogP contribution >= 0.6 is 11.6 Å². The summed E-state index contributed by atoms with van der Waals surface area (Å²) in [6.45, 7) is -0.0939. The Bertz CT molecular complexity index is 1050. The summed E-state index contributed by atoms with van der Waals surface area (Å²) < 4.78 is 79.1. The summed E-state index contributed by atoms with van der Waals surface area (Å²) in [4.78, 5) is 11.9. The Morgan fingerprint density at radius 1 is 1.10 bits per heavy atom. The monoisotopic (exact) mass is 464 g/mol. The molecule has 0 unspecified atom stereocenters. The van der Waals surface area contributed by atoms with Gasteiger partial charge >= 0.3 is 6.18 Å². The molecule has 1 saturated heterocycles. The molecular formula is C19H17ClF4N2O3S. The average molecular weight is 465 g/mol. The molecule has 11 heteroatoms. The van der Waals surface area contributed by atoms with Crippen LogP contribution in [0.15, 0.2) is 47.4 Å². The van der Waals surface area contributed by atoms with E-state index in [-0.39, 0.29) is 36.6 Å². The summed E-state index contributed by atoms with van der Waals surface area (Å²) in [6, 6.07) is 7.70. The highest BCUT2D eigenvalue weighted by atomic mass is 35.5. The van der Waals surface area contributed by atoms with Crippen LogP contribution in [-0.4, -0.2) is 31.7 Å². The number of anilines is 1. The van der Waals surface area contributed by atoms with E-state index in [0.717, 1.165) is 22.5 Å². The van der Waals surface area contributed by atoms with E-state index in [1.165, 1.54) is 18.2 Å². The maximum absolute atomic E-state index is 13.9. The predicted octanol–water partition coefficient (Wildman–Crippen LogP) is 4.54. The fourth-order valence-electron chi connectivity index (χ4n) is 3.18. The van der Waals surface area contributed by atoms with Gasteiger partial charge < -0.3 is 5.32 Å². The zero-order valence-corrected chi connectivity index (χ0v) is 17.0. The first kappa shape index (κ1) is 22.5. The van der Waals surface area contributed by atoms with Gasteiger partial charge in [-0.05, 0) is 43.2 Å². The number of nitrogens with one attached hydrogen (secondary N) is 1. The van der Waals surface area contributed by atoms with Crippen LogP contribution in [0.4, 0.5) is 23.2 Å². The molecule has 0 radical (unpaired) electrons. The fourth-order valence-corrected chi connectivity index (χ4v) is 4.87. The molecule has 1 aliphatic rings. The maximum Gasteiger partial charge on any atom is 0.416 e. The normalized spacial score (nSPS) is 16.4. The first-order valence-electron chi connectivity index (χ1n) is 8.92. The van der Waals surface area contributed by atoms with Crippen LogP contribution in [-0.2, 0) is 21.0 Å². The highest BCUT2D eigenvalue weighted by Crippen LogP contribution is 2.32. The van der Waals surface area contributed by atoms with Gasteiger partial charge in [0.15, 0.2) is 5.82 Å². The number of hydrogen-bond donors (Lipinski definition) is 1.